The van der Waals surface area contributed by atoms with Gasteiger partial charge in [0.2, 0.25) is 5.91 Å². The predicted octanol–water partition coefficient (Wildman–Crippen LogP) is 1.80. The van der Waals surface area contributed by atoms with Crippen LogP contribution in [0.2, 0.25) is 0 Å². The van der Waals surface area contributed by atoms with Gasteiger partial charge in [-0.3, -0.25) is 4.79 Å². The van der Waals surface area contributed by atoms with E-state index in [9.17, 15) is 4.79 Å². The van der Waals surface area contributed by atoms with Crippen molar-refractivity contribution in [3.8, 4) is 5.75 Å². The molecule has 0 atom stereocenters. The minimum atomic E-state index is 0.107. The topological polar surface area (TPSA) is 29.5 Å². The van der Waals surface area contributed by atoms with Crippen molar-refractivity contribution in [3.63, 3.8) is 0 Å². The number of para-hydroxylation sites is 1. The Morgan fingerprint density at radius 3 is 3.07 bits per heavy atom. The molecule has 15 heavy (non-hydrogen) atoms. The highest BCUT2D eigenvalue weighted by Gasteiger charge is 2.18. The van der Waals surface area contributed by atoms with E-state index in [2.05, 4.69) is 15.9 Å². The minimum Gasteiger partial charge on any atom is -0.491 e. The maximum atomic E-state index is 11.6. The SMILES string of the molecule is O=C(CBr)N1CCOc2ccccc2C1. The molecule has 80 valence electrons. The quantitative estimate of drug-likeness (QED) is 0.728. The molecule has 0 bridgehead atoms. The van der Waals surface area contributed by atoms with Gasteiger partial charge in [0.05, 0.1) is 11.9 Å². The number of rotatable bonds is 1. The van der Waals surface area contributed by atoms with Gasteiger partial charge in [-0.25, -0.2) is 0 Å². The van der Waals surface area contributed by atoms with Gasteiger partial charge in [-0.05, 0) is 6.07 Å². The molecule has 0 saturated carbocycles. The molecule has 0 saturated heterocycles. The summed E-state index contributed by atoms with van der Waals surface area (Å²) in [5.74, 6) is 0.998. The van der Waals surface area contributed by atoms with Crippen molar-refractivity contribution in [1.82, 2.24) is 4.90 Å². The van der Waals surface area contributed by atoms with Gasteiger partial charge in [-0.1, -0.05) is 34.1 Å². The number of fused-ring (bicyclic) bond motifs is 1. The Bertz CT molecular complexity index is 367. The number of amides is 1. The molecule has 1 aromatic rings. The molecule has 1 aromatic carbocycles. The average molecular weight is 270 g/mol. The van der Waals surface area contributed by atoms with Gasteiger partial charge >= 0.3 is 0 Å². The summed E-state index contributed by atoms with van der Waals surface area (Å²) >= 11 is 3.18. The first-order valence-corrected chi connectivity index (χ1v) is 5.98. The van der Waals surface area contributed by atoms with E-state index in [1.807, 2.05) is 24.3 Å². The zero-order valence-corrected chi connectivity index (χ0v) is 9.87. The van der Waals surface area contributed by atoms with Crippen LogP contribution >= 0.6 is 15.9 Å². The lowest BCUT2D eigenvalue weighted by molar-refractivity contribution is -0.128. The van der Waals surface area contributed by atoms with Crippen LogP contribution in [0, 0.1) is 0 Å². The second-order valence-electron chi connectivity index (χ2n) is 3.41. The number of carbonyl (C=O) groups excluding carboxylic acids is 1. The Hall–Kier alpha value is -1.03. The lowest BCUT2D eigenvalue weighted by atomic mass is 10.2. The molecule has 1 heterocycles. The number of alkyl halides is 1. The highest BCUT2D eigenvalue weighted by molar-refractivity contribution is 9.09. The van der Waals surface area contributed by atoms with E-state index in [1.54, 1.807) is 4.90 Å². The first kappa shape index (κ1) is 10.5. The number of hydrogen-bond donors (Lipinski definition) is 0. The second kappa shape index (κ2) is 4.66. The highest BCUT2D eigenvalue weighted by atomic mass is 79.9. The third kappa shape index (κ3) is 2.31. The molecule has 0 N–H and O–H groups in total. The summed E-state index contributed by atoms with van der Waals surface area (Å²) < 4.78 is 5.56. The lowest BCUT2D eigenvalue weighted by Crippen LogP contribution is -2.33. The van der Waals surface area contributed by atoms with Crippen LogP contribution < -0.4 is 4.74 Å². The molecular formula is C11H12BrNO2. The molecule has 0 aliphatic carbocycles. The number of nitrogens with zero attached hydrogens (tertiary/aromatic N) is 1. The largest absolute Gasteiger partial charge is 0.491 e. The molecule has 4 heteroatoms. The van der Waals surface area contributed by atoms with E-state index in [1.165, 1.54) is 0 Å². The molecule has 3 nitrogen and oxygen atoms in total. The zero-order chi connectivity index (χ0) is 10.7. The molecule has 2 rings (SSSR count). The van der Waals surface area contributed by atoms with Gasteiger partial charge in [-0.2, -0.15) is 0 Å². The summed E-state index contributed by atoms with van der Waals surface area (Å²) in [5.41, 5.74) is 1.07. The fraction of sp³-hybridized carbons (Fsp3) is 0.364. The van der Waals surface area contributed by atoms with Gasteiger partial charge < -0.3 is 9.64 Å². The normalized spacial score (nSPS) is 15.1. The number of ether oxygens (including phenoxy) is 1. The van der Waals surface area contributed by atoms with Gasteiger partial charge in [0.15, 0.2) is 0 Å². The van der Waals surface area contributed by atoms with Crippen LogP contribution in [0.25, 0.3) is 0 Å². The van der Waals surface area contributed by atoms with Gasteiger partial charge in [-0.15, -0.1) is 0 Å². The van der Waals surface area contributed by atoms with Crippen molar-refractivity contribution >= 4 is 21.8 Å². The Labute approximate surface area is 97.2 Å². The molecule has 1 aliphatic heterocycles. The maximum absolute atomic E-state index is 11.6. The summed E-state index contributed by atoms with van der Waals surface area (Å²) in [6.45, 7) is 1.86. The molecule has 0 aromatic heterocycles. The van der Waals surface area contributed by atoms with Crippen LogP contribution in [0.1, 0.15) is 5.56 Å². The van der Waals surface area contributed by atoms with Gasteiger partial charge in [0.1, 0.15) is 12.4 Å². The molecule has 0 unspecified atom stereocenters. The molecular weight excluding hydrogens is 258 g/mol. The fourth-order valence-corrected chi connectivity index (χ4v) is 1.98. The second-order valence-corrected chi connectivity index (χ2v) is 3.97. The van der Waals surface area contributed by atoms with Crippen molar-refractivity contribution in [2.24, 2.45) is 0 Å². The van der Waals surface area contributed by atoms with E-state index in [0.29, 0.717) is 25.0 Å². The Kier molecular flexibility index (Phi) is 3.26. The molecule has 1 aliphatic rings. The predicted molar refractivity (Wildman–Crippen MR) is 61.1 cm³/mol. The van der Waals surface area contributed by atoms with E-state index in [4.69, 9.17) is 4.74 Å². The molecule has 1 amide bonds. The van der Waals surface area contributed by atoms with Crippen LogP contribution in [-0.2, 0) is 11.3 Å². The molecule has 0 fully saturated rings. The van der Waals surface area contributed by atoms with Crippen molar-refractivity contribution in [2.75, 3.05) is 18.5 Å². The van der Waals surface area contributed by atoms with E-state index in [-0.39, 0.29) is 5.91 Å². The molecule has 0 radical (unpaired) electrons. The zero-order valence-electron chi connectivity index (χ0n) is 8.28. The first-order chi connectivity index (χ1) is 7.31. The van der Waals surface area contributed by atoms with Gasteiger partial charge in [0, 0.05) is 12.1 Å². The number of halogens is 1. The van der Waals surface area contributed by atoms with Crippen molar-refractivity contribution in [2.45, 2.75) is 6.54 Å². The summed E-state index contributed by atoms with van der Waals surface area (Å²) in [7, 11) is 0. The van der Waals surface area contributed by atoms with Crippen LogP contribution in [-0.4, -0.2) is 29.3 Å². The van der Waals surface area contributed by atoms with E-state index < -0.39 is 0 Å². The Morgan fingerprint density at radius 1 is 1.47 bits per heavy atom. The van der Waals surface area contributed by atoms with Crippen LogP contribution in [0.5, 0.6) is 5.75 Å². The van der Waals surface area contributed by atoms with Crippen LogP contribution in [0.15, 0.2) is 24.3 Å². The third-order valence-electron chi connectivity index (χ3n) is 2.42. The standard InChI is InChI=1S/C11H12BrNO2/c12-7-11(14)13-5-6-15-10-4-2-1-3-9(10)8-13/h1-4H,5-8H2. The number of benzene rings is 1. The van der Waals surface area contributed by atoms with Crippen molar-refractivity contribution < 1.29 is 9.53 Å². The van der Waals surface area contributed by atoms with Crippen molar-refractivity contribution in [1.29, 1.82) is 0 Å². The maximum Gasteiger partial charge on any atom is 0.233 e. The average Bonchev–Trinajstić information content (AvgIpc) is 2.49. The van der Waals surface area contributed by atoms with E-state index in [0.717, 1.165) is 11.3 Å². The van der Waals surface area contributed by atoms with Crippen LogP contribution in [0.3, 0.4) is 0 Å². The van der Waals surface area contributed by atoms with E-state index >= 15 is 0 Å². The Balaban J connectivity index is 2.21. The first-order valence-electron chi connectivity index (χ1n) is 4.85. The summed E-state index contributed by atoms with van der Waals surface area (Å²) in [6, 6.07) is 7.84. The van der Waals surface area contributed by atoms with Crippen LogP contribution in [0.4, 0.5) is 0 Å². The lowest BCUT2D eigenvalue weighted by Gasteiger charge is -2.18. The monoisotopic (exact) mass is 269 g/mol. The van der Waals surface area contributed by atoms with Gasteiger partial charge in [0.25, 0.3) is 0 Å². The molecule has 0 spiro atoms. The number of carbonyl (C=O) groups is 1. The summed E-state index contributed by atoms with van der Waals surface area (Å²) in [4.78, 5) is 13.4. The highest BCUT2D eigenvalue weighted by Crippen LogP contribution is 2.22. The Morgan fingerprint density at radius 2 is 2.27 bits per heavy atom. The number of hydrogen-bond acceptors (Lipinski definition) is 2. The smallest absolute Gasteiger partial charge is 0.233 e. The summed E-state index contributed by atoms with van der Waals surface area (Å²) in [6.07, 6.45) is 0. The van der Waals surface area contributed by atoms with Crippen molar-refractivity contribution in [3.05, 3.63) is 29.8 Å². The fourth-order valence-electron chi connectivity index (χ4n) is 1.62. The third-order valence-corrected chi connectivity index (χ3v) is 2.90. The minimum absolute atomic E-state index is 0.107. The summed E-state index contributed by atoms with van der Waals surface area (Å²) in [5, 5.41) is 0.370.